The standard InChI is InChI=1S/C6H9N3/c7-5-3-4(5)6-8-1-2-9-6/h1-2,4-5H,3,7H2,(H,8,9)/t4-,5+/m0/s1. The molecule has 1 aromatic rings. The van der Waals surface area contributed by atoms with Crippen LogP contribution in [-0.4, -0.2) is 16.0 Å². The molecule has 1 heterocycles. The summed E-state index contributed by atoms with van der Waals surface area (Å²) in [5.74, 6) is 1.56. The van der Waals surface area contributed by atoms with Crippen molar-refractivity contribution in [2.24, 2.45) is 5.73 Å². The molecular weight excluding hydrogens is 114 g/mol. The Kier molecular flexibility index (Phi) is 0.873. The number of hydrogen-bond donors (Lipinski definition) is 2. The zero-order valence-electron chi connectivity index (χ0n) is 5.04. The van der Waals surface area contributed by atoms with Crippen molar-refractivity contribution in [1.82, 2.24) is 9.97 Å². The van der Waals surface area contributed by atoms with Crippen LogP contribution in [0.15, 0.2) is 12.4 Å². The highest BCUT2D eigenvalue weighted by Gasteiger charge is 2.36. The van der Waals surface area contributed by atoms with E-state index in [1.54, 1.807) is 6.20 Å². The van der Waals surface area contributed by atoms with E-state index in [0.717, 1.165) is 12.2 Å². The van der Waals surface area contributed by atoms with Crippen LogP contribution in [0.2, 0.25) is 0 Å². The molecule has 1 aliphatic rings. The third-order valence-electron chi connectivity index (χ3n) is 1.71. The van der Waals surface area contributed by atoms with Crippen molar-refractivity contribution in [3.63, 3.8) is 0 Å². The van der Waals surface area contributed by atoms with Gasteiger partial charge in [-0.05, 0) is 6.42 Å². The van der Waals surface area contributed by atoms with Gasteiger partial charge in [0.2, 0.25) is 0 Å². The van der Waals surface area contributed by atoms with Crippen LogP contribution in [0.25, 0.3) is 0 Å². The third-order valence-corrected chi connectivity index (χ3v) is 1.71. The minimum absolute atomic E-state index is 0.358. The average molecular weight is 123 g/mol. The van der Waals surface area contributed by atoms with E-state index in [1.165, 1.54) is 0 Å². The molecule has 3 heteroatoms. The van der Waals surface area contributed by atoms with Crippen molar-refractivity contribution in [3.8, 4) is 0 Å². The largest absolute Gasteiger partial charge is 0.348 e. The minimum atomic E-state index is 0.358. The summed E-state index contributed by atoms with van der Waals surface area (Å²) in [6.07, 6.45) is 4.69. The van der Waals surface area contributed by atoms with Gasteiger partial charge in [-0.1, -0.05) is 0 Å². The predicted molar refractivity (Wildman–Crippen MR) is 33.9 cm³/mol. The highest BCUT2D eigenvalue weighted by atomic mass is 14.9. The monoisotopic (exact) mass is 123 g/mol. The van der Waals surface area contributed by atoms with E-state index in [9.17, 15) is 0 Å². The molecular formula is C6H9N3. The molecule has 1 saturated carbocycles. The molecule has 0 saturated heterocycles. The average Bonchev–Trinajstić information content (AvgIpc) is 2.44. The van der Waals surface area contributed by atoms with Crippen molar-refractivity contribution < 1.29 is 0 Å². The highest BCUT2D eigenvalue weighted by molar-refractivity contribution is 5.12. The second-order valence-corrected chi connectivity index (χ2v) is 2.48. The van der Waals surface area contributed by atoms with Crippen molar-refractivity contribution in [2.45, 2.75) is 18.4 Å². The summed E-state index contributed by atoms with van der Waals surface area (Å²) in [7, 11) is 0. The highest BCUT2D eigenvalue weighted by Crippen LogP contribution is 2.36. The molecule has 0 amide bonds. The summed E-state index contributed by atoms with van der Waals surface area (Å²) >= 11 is 0. The van der Waals surface area contributed by atoms with E-state index in [0.29, 0.717) is 12.0 Å². The predicted octanol–water partition coefficient (Wildman–Crippen LogP) is 0.224. The summed E-state index contributed by atoms with van der Waals surface area (Å²) in [5.41, 5.74) is 5.60. The van der Waals surface area contributed by atoms with Gasteiger partial charge in [0, 0.05) is 24.4 Å². The Morgan fingerprint density at radius 2 is 2.56 bits per heavy atom. The molecule has 1 fully saturated rings. The first-order valence-electron chi connectivity index (χ1n) is 3.13. The molecule has 2 rings (SSSR count). The van der Waals surface area contributed by atoms with Gasteiger partial charge in [-0.15, -0.1) is 0 Å². The Balaban J connectivity index is 2.18. The number of aromatic nitrogens is 2. The number of nitrogens with zero attached hydrogens (tertiary/aromatic N) is 1. The van der Waals surface area contributed by atoms with Crippen LogP contribution < -0.4 is 5.73 Å². The number of nitrogens with two attached hydrogens (primary N) is 1. The Labute approximate surface area is 53.3 Å². The van der Waals surface area contributed by atoms with E-state index < -0.39 is 0 Å². The lowest BCUT2D eigenvalue weighted by Crippen LogP contribution is -2.01. The second-order valence-electron chi connectivity index (χ2n) is 2.48. The molecule has 3 nitrogen and oxygen atoms in total. The Bertz CT molecular complexity index is 192. The first-order valence-corrected chi connectivity index (χ1v) is 3.13. The molecule has 0 spiro atoms. The van der Waals surface area contributed by atoms with Crippen LogP contribution in [0.4, 0.5) is 0 Å². The first-order chi connectivity index (χ1) is 4.38. The molecule has 3 N–H and O–H groups in total. The zero-order valence-corrected chi connectivity index (χ0v) is 5.04. The zero-order chi connectivity index (χ0) is 6.27. The van der Waals surface area contributed by atoms with Crippen molar-refractivity contribution in [2.75, 3.05) is 0 Å². The van der Waals surface area contributed by atoms with E-state index in [-0.39, 0.29) is 0 Å². The van der Waals surface area contributed by atoms with E-state index in [4.69, 9.17) is 5.73 Å². The summed E-state index contributed by atoms with van der Waals surface area (Å²) in [5, 5.41) is 0. The van der Waals surface area contributed by atoms with Gasteiger partial charge in [0.25, 0.3) is 0 Å². The van der Waals surface area contributed by atoms with Crippen LogP contribution in [0.3, 0.4) is 0 Å². The number of nitrogens with one attached hydrogen (secondary N) is 1. The maximum absolute atomic E-state index is 5.60. The lowest BCUT2D eigenvalue weighted by molar-refractivity contribution is 0.914. The molecule has 0 aliphatic heterocycles. The van der Waals surface area contributed by atoms with Gasteiger partial charge in [-0.3, -0.25) is 0 Å². The summed E-state index contributed by atoms with van der Waals surface area (Å²) < 4.78 is 0. The quantitative estimate of drug-likeness (QED) is 0.561. The molecule has 1 aromatic heterocycles. The molecule has 2 atom stereocenters. The fourth-order valence-electron chi connectivity index (χ4n) is 1.01. The van der Waals surface area contributed by atoms with Gasteiger partial charge < -0.3 is 10.7 Å². The van der Waals surface area contributed by atoms with Gasteiger partial charge in [0.1, 0.15) is 5.82 Å². The Morgan fingerprint density at radius 1 is 1.78 bits per heavy atom. The lowest BCUT2D eigenvalue weighted by atomic mass is 10.4. The summed E-state index contributed by atoms with van der Waals surface area (Å²) in [6, 6.07) is 0.358. The van der Waals surface area contributed by atoms with E-state index >= 15 is 0 Å². The summed E-state index contributed by atoms with van der Waals surface area (Å²) in [4.78, 5) is 7.13. The topological polar surface area (TPSA) is 54.7 Å². The van der Waals surface area contributed by atoms with Crippen molar-refractivity contribution in [1.29, 1.82) is 0 Å². The van der Waals surface area contributed by atoms with Crippen LogP contribution >= 0.6 is 0 Å². The fraction of sp³-hybridized carbons (Fsp3) is 0.500. The normalized spacial score (nSPS) is 32.6. The van der Waals surface area contributed by atoms with Gasteiger partial charge in [-0.25, -0.2) is 4.98 Å². The molecule has 9 heavy (non-hydrogen) atoms. The van der Waals surface area contributed by atoms with Gasteiger partial charge >= 0.3 is 0 Å². The van der Waals surface area contributed by atoms with Gasteiger partial charge in [0.15, 0.2) is 0 Å². The lowest BCUT2D eigenvalue weighted by Gasteiger charge is -1.86. The molecule has 48 valence electrons. The van der Waals surface area contributed by atoms with E-state index in [1.807, 2.05) is 6.20 Å². The summed E-state index contributed by atoms with van der Waals surface area (Å²) in [6.45, 7) is 0. The number of hydrogen-bond acceptors (Lipinski definition) is 2. The number of rotatable bonds is 1. The number of H-pyrrole nitrogens is 1. The maximum atomic E-state index is 5.60. The number of imidazole rings is 1. The minimum Gasteiger partial charge on any atom is -0.348 e. The van der Waals surface area contributed by atoms with Crippen molar-refractivity contribution >= 4 is 0 Å². The van der Waals surface area contributed by atoms with Crippen LogP contribution in [0.1, 0.15) is 18.2 Å². The second kappa shape index (κ2) is 1.57. The Hall–Kier alpha value is -0.830. The SMILES string of the molecule is N[C@@H]1C[C@@H]1c1ncc[nH]1. The van der Waals surface area contributed by atoms with Gasteiger partial charge in [-0.2, -0.15) is 0 Å². The van der Waals surface area contributed by atoms with Crippen molar-refractivity contribution in [3.05, 3.63) is 18.2 Å². The molecule has 0 radical (unpaired) electrons. The number of aromatic amines is 1. The molecule has 0 bridgehead atoms. The maximum Gasteiger partial charge on any atom is 0.110 e. The van der Waals surface area contributed by atoms with Crippen LogP contribution in [0, 0.1) is 0 Å². The molecule has 0 aromatic carbocycles. The smallest absolute Gasteiger partial charge is 0.110 e. The molecule has 0 unspecified atom stereocenters. The van der Waals surface area contributed by atoms with Gasteiger partial charge in [0.05, 0.1) is 0 Å². The molecule has 1 aliphatic carbocycles. The van der Waals surface area contributed by atoms with Crippen LogP contribution in [-0.2, 0) is 0 Å². The van der Waals surface area contributed by atoms with Crippen LogP contribution in [0.5, 0.6) is 0 Å². The Morgan fingerprint density at radius 3 is 3.00 bits per heavy atom. The fourth-order valence-corrected chi connectivity index (χ4v) is 1.01. The van der Waals surface area contributed by atoms with E-state index in [2.05, 4.69) is 9.97 Å². The first kappa shape index (κ1) is 4.99. The third kappa shape index (κ3) is 0.733.